The number of halogens is 1. The van der Waals surface area contributed by atoms with Gasteiger partial charge in [-0.3, -0.25) is 0 Å². The van der Waals surface area contributed by atoms with Gasteiger partial charge in [-0.15, -0.1) is 0 Å². The molecule has 0 unspecified atom stereocenters. The number of benzene rings is 2. The van der Waals surface area contributed by atoms with Crippen LogP contribution < -0.4 is 5.32 Å². The van der Waals surface area contributed by atoms with Crippen LogP contribution in [0.25, 0.3) is 22.2 Å². The van der Waals surface area contributed by atoms with Gasteiger partial charge in [-0.05, 0) is 54.8 Å². The lowest BCUT2D eigenvalue weighted by atomic mass is 10.0. The summed E-state index contributed by atoms with van der Waals surface area (Å²) in [5.41, 5.74) is 2.54. The maximum Gasteiger partial charge on any atom is 0.164 e. The molecular formula is C25H20FN5O3. The minimum atomic E-state index is -1.12. The van der Waals surface area contributed by atoms with Gasteiger partial charge in [0.1, 0.15) is 35.8 Å². The quantitative estimate of drug-likeness (QED) is 0.428. The van der Waals surface area contributed by atoms with Crippen LogP contribution in [0.15, 0.2) is 61.1 Å². The Labute approximate surface area is 193 Å². The Kier molecular flexibility index (Phi) is 4.64. The third-order valence-electron chi connectivity index (χ3n) is 6.57. The molecule has 2 aliphatic rings. The molecule has 2 fully saturated rings. The lowest BCUT2D eigenvalue weighted by molar-refractivity contribution is -0.0456. The number of ether oxygens (including phenoxy) is 1. The van der Waals surface area contributed by atoms with E-state index < -0.39 is 24.0 Å². The van der Waals surface area contributed by atoms with Crippen LogP contribution in [-0.2, 0) is 4.74 Å². The first-order chi connectivity index (χ1) is 16.5. The normalized spacial score (nSPS) is 22.7. The molecule has 3 N–H and O–H groups in total. The van der Waals surface area contributed by atoms with Gasteiger partial charge in [-0.1, -0.05) is 12.1 Å². The Morgan fingerprint density at radius 1 is 1.09 bits per heavy atom. The third kappa shape index (κ3) is 3.23. The van der Waals surface area contributed by atoms with Gasteiger partial charge in [0, 0.05) is 17.4 Å². The van der Waals surface area contributed by atoms with Crippen molar-refractivity contribution in [1.29, 1.82) is 5.26 Å². The monoisotopic (exact) mass is 457 g/mol. The van der Waals surface area contributed by atoms with E-state index in [0.29, 0.717) is 40.9 Å². The van der Waals surface area contributed by atoms with Crippen molar-refractivity contribution in [2.75, 3.05) is 5.32 Å². The molecule has 3 atom stereocenters. The molecule has 3 heterocycles. The topological polar surface area (TPSA) is 116 Å². The standard InChI is InChI=1S/C25H20FN5O3/c26-16-5-7-17(8-6-16)30-22-19-18(15-3-1-14(11-27)2-4-15)12-31(23(19)29-13-28-22)24-20(32)21(33)25(34-24)9-10-25/h1-8,12-13,20-21,24,32-33H,9-10H2,(H,28,29,30)/t20-,21+,24-/m1/s1. The van der Waals surface area contributed by atoms with Crippen LogP contribution in [0.3, 0.4) is 0 Å². The molecule has 2 aromatic heterocycles. The van der Waals surface area contributed by atoms with Gasteiger partial charge >= 0.3 is 0 Å². The number of nitrogens with one attached hydrogen (secondary N) is 1. The molecule has 1 aliphatic carbocycles. The van der Waals surface area contributed by atoms with Crippen molar-refractivity contribution < 1.29 is 19.3 Å². The van der Waals surface area contributed by atoms with Crippen molar-refractivity contribution in [1.82, 2.24) is 14.5 Å². The minimum absolute atomic E-state index is 0.345. The zero-order chi connectivity index (χ0) is 23.4. The summed E-state index contributed by atoms with van der Waals surface area (Å²) in [6, 6.07) is 15.1. The largest absolute Gasteiger partial charge is 0.387 e. The fourth-order valence-electron chi connectivity index (χ4n) is 4.59. The molecule has 0 radical (unpaired) electrons. The molecule has 1 saturated heterocycles. The number of hydrogen-bond donors (Lipinski definition) is 3. The summed E-state index contributed by atoms with van der Waals surface area (Å²) in [7, 11) is 0. The van der Waals surface area contributed by atoms with E-state index in [4.69, 9.17) is 4.74 Å². The minimum Gasteiger partial charge on any atom is -0.387 e. The van der Waals surface area contributed by atoms with Gasteiger partial charge < -0.3 is 24.8 Å². The highest BCUT2D eigenvalue weighted by molar-refractivity contribution is 6.02. The molecular weight excluding hydrogens is 437 g/mol. The molecule has 8 nitrogen and oxygen atoms in total. The number of aliphatic hydroxyl groups excluding tert-OH is 2. The van der Waals surface area contributed by atoms with Crippen LogP contribution >= 0.6 is 0 Å². The van der Waals surface area contributed by atoms with E-state index in [9.17, 15) is 19.9 Å². The molecule has 0 amide bonds. The van der Waals surface area contributed by atoms with Crippen LogP contribution in [0.1, 0.15) is 24.6 Å². The van der Waals surface area contributed by atoms with Gasteiger partial charge in [-0.2, -0.15) is 5.26 Å². The van der Waals surface area contributed by atoms with E-state index in [1.54, 1.807) is 28.8 Å². The predicted molar refractivity (Wildman–Crippen MR) is 121 cm³/mol. The fraction of sp³-hybridized carbons (Fsp3) is 0.240. The highest BCUT2D eigenvalue weighted by Crippen LogP contribution is 2.53. The number of nitriles is 1. The average molecular weight is 457 g/mol. The zero-order valence-electron chi connectivity index (χ0n) is 17.9. The summed E-state index contributed by atoms with van der Waals surface area (Å²) in [5, 5.41) is 34.4. The van der Waals surface area contributed by atoms with Crippen LogP contribution in [-0.4, -0.2) is 42.6 Å². The average Bonchev–Trinajstić information content (AvgIpc) is 3.49. The van der Waals surface area contributed by atoms with Crippen molar-refractivity contribution in [3.63, 3.8) is 0 Å². The molecule has 0 bridgehead atoms. The predicted octanol–water partition coefficient (Wildman–Crippen LogP) is 3.64. The number of nitrogens with zero attached hydrogens (tertiary/aromatic N) is 4. The fourth-order valence-corrected chi connectivity index (χ4v) is 4.59. The van der Waals surface area contributed by atoms with Gasteiger partial charge in [0.15, 0.2) is 6.23 Å². The van der Waals surface area contributed by atoms with E-state index in [1.165, 1.54) is 18.5 Å². The molecule has 6 rings (SSSR count). The number of aliphatic hydroxyl groups is 2. The number of aromatic nitrogens is 3. The Hall–Kier alpha value is -3.84. The van der Waals surface area contributed by atoms with Gasteiger partial charge in [0.2, 0.25) is 0 Å². The highest BCUT2D eigenvalue weighted by atomic mass is 19.1. The lowest BCUT2D eigenvalue weighted by Crippen LogP contribution is -2.32. The zero-order valence-corrected chi connectivity index (χ0v) is 17.9. The van der Waals surface area contributed by atoms with Crippen molar-refractivity contribution in [2.24, 2.45) is 0 Å². The maximum absolute atomic E-state index is 13.4. The Morgan fingerprint density at radius 2 is 1.82 bits per heavy atom. The number of hydrogen-bond acceptors (Lipinski definition) is 7. The van der Waals surface area contributed by atoms with E-state index in [0.717, 1.165) is 11.1 Å². The molecule has 170 valence electrons. The van der Waals surface area contributed by atoms with Crippen molar-refractivity contribution in [3.8, 4) is 17.2 Å². The Morgan fingerprint density at radius 3 is 2.47 bits per heavy atom. The van der Waals surface area contributed by atoms with Crippen LogP contribution in [0, 0.1) is 17.1 Å². The lowest BCUT2D eigenvalue weighted by Gasteiger charge is -2.17. The second-order valence-electron chi connectivity index (χ2n) is 8.70. The smallest absolute Gasteiger partial charge is 0.164 e. The molecule has 1 saturated carbocycles. The molecule has 4 aromatic rings. The van der Waals surface area contributed by atoms with Crippen LogP contribution in [0.2, 0.25) is 0 Å². The van der Waals surface area contributed by atoms with Crippen molar-refractivity contribution in [2.45, 2.75) is 36.9 Å². The number of fused-ring (bicyclic) bond motifs is 1. The first-order valence-electron chi connectivity index (χ1n) is 10.9. The summed E-state index contributed by atoms with van der Waals surface area (Å²) in [5.74, 6) is 0.145. The van der Waals surface area contributed by atoms with E-state index in [1.807, 2.05) is 18.3 Å². The molecule has 1 aliphatic heterocycles. The molecule has 2 aromatic carbocycles. The van der Waals surface area contributed by atoms with Crippen molar-refractivity contribution in [3.05, 3.63) is 72.4 Å². The number of anilines is 2. The summed E-state index contributed by atoms with van der Waals surface area (Å²) >= 11 is 0. The van der Waals surface area contributed by atoms with Gasteiger partial charge in [-0.25, -0.2) is 14.4 Å². The van der Waals surface area contributed by atoms with E-state index in [2.05, 4.69) is 21.4 Å². The number of rotatable bonds is 4. The summed E-state index contributed by atoms with van der Waals surface area (Å²) < 4.78 is 21.3. The van der Waals surface area contributed by atoms with E-state index in [-0.39, 0.29) is 5.82 Å². The second kappa shape index (κ2) is 7.60. The molecule has 1 spiro atoms. The Balaban J connectivity index is 1.52. The van der Waals surface area contributed by atoms with Gasteiger partial charge in [0.25, 0.3) is 0 Å². The second-order valence-corrected chi connectivity index (χ2v) is 8.70. The first kappa shape index (κ1) is 20.7. The van der Waals surface area contributed by atoms with E-state index >= 15 is 0 Å². The maximum atomic E-state index is 13.4. The Bertz CT molecular complexity index is 1420. The summed E-state index contributed by atoms with van der Waals surface area (Å²) in [4.78, 5) is 8.90. The molecule has 9 heteroatoms. The van der Waals surface area contributed by atoms with Crippen LogP contribution in [0.5, 0.6) is 0 Å². The van der Waals surface area contributed by atoms with Gasteiger partial charge in [0.05, 0.1) is 22.6 Å². The van der Waals surface area contributed by atoms with Crippen LogP contribution in [0.4, 0.5) is 15.9 Å². The first-order valence-corrected chi connectivity index (χ1v) is 10.9. The highest BCUT2D eigenvalue weighted by Gasteiger charge is 2.62. The summed E-state index contributed by atoms with van der Waals surface area (Å²) in [6.07, 6.45) is 1.69. The molecule has 34 heavy (non-hydrogen) atoms. The van der Waals surface area contributed by atoms with Crippen molar-refractivity contribution >= 4 is 22.5 Å². The third-order valence-corrected chi connectivity index (χ3v) is 6.57. The SMILES string of the molecule is N#Cc1ccc(-c2cn([C@@H]3OC4(CC4)[C@@H](O)[C@H]3O)c3ncnc(Nc4ccc(F)cc4)c23)cc1. The summed E-state index contributed by atoms with van der Waals surface area (Å²) in [6.45, 7) is 0.